The number of nitrogens with two attached hydrogens (primary N) is 1. The molecule has 5 nitrogen and oxygen atoms in total. The third-order valence-corrected chi connectivity index (χ3v) is 4.82. The topological polar surface area (TPSA) is 50.3 Å². The first-order valence-corrected chi connectivity index (χ1v) is 8.17. The van der Waals surface area contributed by atoms with E-state index in [1.54, 1.807) is 0 Å². The Labute approximate surface area is 129 Å². The molecule has 0 aromatic carbocycles. The molecular weight excluding hydrogens is 262 g/mol. The third kappa shape index (κ3) is 4.05. The highest BCUT2D eigenvalue weighted by atomic mass is 15.3. The Bertz CT molecular complexity index is 432. The van der Waals surface area contributed by atoms with Crippen LogP contribution < -0.4 is 5.73 Å². The van der Waals surface area contributed by atoms with Crippen LogP contribution in [0.2, 0.25) is 0 Å². The van der Waals surface area contributed by atoms with Crippen molar-refractivity contribution in [2.45, 2.75) is 52.2 Å². The maximum Gasteiger partial charge on any atom is 0.0764 e. The highest BCUT2D eigenvalue weighted by Crippen LogP contribution is 2.17. The Kier molecular flexibility index (Phi) is 5.41. The summed E-state index contributed by atoms with van der Waals surface area (Å²) in [7, 11) is 0. The van der Waals surface area contributed by atoms with Crippen LogP contribution in [0, 0.1) is 0 Å². The van der Waals surface area contributed by atoms with Crippen molar-refractivity contribution in [1.29, 1.82) is 0 Å². The molecule has 1 aromatic heterocycles. The van der Waals surface area contributed by atoms with Gasteiger partial charge in [-0.05, 0) is 33.3 Å². The molecule has 1 atom stereocenters. The highest BCUT2D eigenvalue weighted by molar-refractivity contribution is 5.00. The summed E-state index contributed by atoms with van der Waals surface area (Å²) in [4.78, 5) is 4.99. The fourth-order valence-electron chi connectivity index (χ4n) is 2.76. The lowest BCUT2D eigenvalue weighted by Crippen LogP contribution is -2.57. The molecule has 1 unspecified atom stereocenters. The largest absolute Gasteiger partial charge is 0.329 e. The maximum atomic E-state index is 5.87. The van der Waals surface area contributed by atoms with Crippen molar-refractivity contribution >= 4 is 0 Å². The van der Waals surface area contributed by atoms with Crippen molar-refractivity contribution in [3.8, 4) is 0 Å². The SMILES string of the molecule is CCC(C)n1ccc(CN2CCN(C(C)(C)CN)CC2)n1. The van der Waals surface area contributed by atoms with Gasteiger partial charge in [0.1, 0.15) is 0 Å². The second-order valence-electron chi connectivity index (χ2n) is 6.82. The van der Waals surface area contributed by atoms with Gasteiger partial charge in [-0.15, -0.1) is 0 Å². The Morgan fingerprint density at radius 1 is 1.29 bits per heavy atom. The average Bonchev–Trinajstić information content (AvgIpc) is 2.95. The standard InChI is InChI=1S/C16H31N5/c1-5-14(2)21-7-6-15(18-21)12-19-8-10-20(11-9-19)16(3,4)13-17/h6-7,14H,5,8-13,17H2,1-4H3. The molecular formula is C16H31N5. The van der Waals surface area contributed by atoms with E-state index in [1.165, 1.54) is 5.69 Å². The molecule has 0 aliphatic carbocycles. The van der Waals surface area contributed by atoms with Crippen molar-refractivity contribution in [2.75, 3.05) is 32.7 Å². The van der Waals surface area contributed by atoms with Crippen molar-refractivity contribution in [1.82, 2.24) is 19.6 Å². The van der Waals surface area contributed by atoms with E-state index in [0.717, 1.165) is 39.1 Å². The second kappa shape index (κ2) is 6.90. The summed E-state index contributed by atoms with van der Waals surface area (Å²) in [6.45, 7) is 14.9. The summed E-state index contributed by atoms with van der Waals surface area (Å²) < 4.78 is 2.09. The molecule has 0 bridgehead atoms. The molecule has 1 aliphatic rings. The van der Waals surface area contributed by atoms with Crippen molar-refractivity contribution in [3.05, 3.63) is 18.0 Å². The molecule has 1 aromatic rings. The molecule has 0 spiro atoms. The Morgan fingerprint density at radius 3 is 2.52 bits per heavy atom. The van der Waals surface area contributed by atoms with Crippen LogP contribution in [0.25, 0.3) is 0 Å². The molecule has 0 amide bonds. The molecule has 1 saturated heterocycles. The first-order chi connectivity index (χ1) is 9.96. The summed E-state index contributed by atoms with van der Waals surface area (Å²) in [5.74, 6) is 0. The van der Waals surface area contributed by atoms with Crippen LogP contribution in [-0.4, -0.2) is 57.8 Å². The van der Waals surface area contributed by atoms with Gasteiger partial charge in [-0.3, -0.25) is 14.5 Å². The van der Waals surface area contributed by atoms with Crippen LogP contribution in [0.1, 0.15) is 45.9 Å². The van der Waals surface area contributed by atoms with E-state index in [0.29, 0.717) is 12.6 Å². The predicted molar refractivity (Wildman–Crippen MR) is 87.2 cm³/mol. The first kappa shape index (κ1) is 16.5. The van der Waals surface area contributed by atoms with Gasteiger partial charge in [0.15, 0.2) is 0 Å². The second-order valence-corrected chi connectivity index (χ2v) is 6.82. The van der Waals surface area contributed by atoms with E-state index in [2.05, 4.69) is 54.4 Å². The minimum Gasteiger partial charge on any atom is -0.329 e. The Morgan fingerprint density at radius 2 is 1.95 bits per heavy atom. The molecule has 2 heterocycles. The van der Waals surface area contributed by atoms with E-state index >= 15 is 0 Å². The zero-order valence-corrected chi connectivity index (χ0v) is 14.0. The number of aromatic nitrogens is 2. The first-order valence-electron chi connectivity index (χ1n) is 8.17. The number of piperazine rings is 1. The molecule has 1 aliphatic heterocycles. The molecule has 2 N–H and O–H groups in total. The third-order valence-electron chi connectivity index (χ3n) is 4.82. The van der Waals surface area contributed by atoms with Crippen LogP contribution in [0.4, 0.5) is 0 Å². The van der Waals surface area contributed by atoms with Crippen LogP contribution in [0.5, 0.6) is 0 Å². The zero-order valence-electron chi connectivity index (χ0n) is 14.0. The molecule has 120 valence electrons. The van der Waals surface area contributed by atoms with Gasteiger partial charge in [0.05, 0.1) is 5.69 Å². The predicted octanol–water partition coefficient (Wildman–Crippen LogP) is 1.71. The highest BCUT2D eigenvalue weighted by Gasteiger charge is 2.28. The zero-order chi connectivity index (χ0) is 15.5. The van der Waals surface area contributed by atoms with Crippen LogP contribution in [-0.2, 0) is 6.54 Å². The Hall–Kier alpha value is -0.910. The lowest BCUT2D eigenvalue weighted by molar-refractivity contribution is 0.0532. The van der Waals surface area contributed by atoms with E-state index in [9.17, 15) is 0 Å². The smallest absolute Gasteiger partial charge is 0.0764 e. The number of nitrogens with zero attached hydrogens (tertiary/aromatic N) is 4. The summed E-state index contributed by atoms with van der Waals surface area (Å²) in [6.07, 6.45) is 3.23. The summed E-state index contributed by atoms with van der Waals surface area (Å²) in [5, 5.41) is 4.70. The number of rotatable bonds is 6. The van der Waals surface area contributed by atoms with E-state index in [1.807, 2.05) is 0 Å². The Balaban J connectivity index is 1.85. The van der Waals surface area contributed by atoms with Crippen molar-refractivity contribution in [2.24, 2.45) is 5.73 Å². The van der Waals surface area contributed by atoms with Crippen LogP contribution in [0.15, 0.2) is 12.3 Å². The van der Waals surface area contributed by atoms with Gasteiger partial charge in [-0.25, -0.2) is 0 Å². The molecule has 1 fully saturated rings. The molecule has 0 radical (unpaired) electrons. The fourth-order valence-corrected chi connectivity index (χ4v) is 2.76. The number of hydrogen-bond acceptors (Lipinski definition) is 4. The minimum absolute atomic E-state index is 0.115. The normalized spacial score (nSPS) is 19.9. The lowest BCUT2D eigenvalue weighted by Gasteiger charge is -2.43. The lowest BCUT2D eigenvalue weighted by atomic mass is 10.0. The van der Waals surface area contributed by atoms with Gasteiger partial charge in [0.2, 0.25) is 0 Å². The van der Waals surface area contributed by atoms with Gasteiger partial charge >= 0.3 is 0 Å². The van der Waals surface area contributed by atoms with Gasteiger partial charge < -0.3 is 5.73 Å². The molecule has 5 heteroatoms. The average molecular weight is 293 g/mol. The van der Waals surface area contributed by atoms with Gasteiger partial charge in [-0.2, -0.15) is 5.10 Å². The van der Waals surface area contributed by atoms with Gasteiger partial charge in [0, 0.05) is 57.0 Å². The monoisotopic (exact) mass is 293 g/mol. The quantitative estimate of drug-likeness (QED) is 0.867. The summed E-state index contributed by atoms with van der Waals surface area (Å²) in [5.41, 5.74) is 7.17. The van der Waals surface area contributed by atoms with Crippen molar-refractivity contribution < 1.29 is 0 Å². The molecule has 2 rings (SSSR count). The fraction of sp³-hybridized carbons (Fsp3) is 0.812. The van der Waals surface area contributed by atoms with E-state index in [-0.39, 0.29) is 5.54 Å². The van der Waals surface area contributed by atoms with E-state index in [4.69, 9.17) is 10.8 Å². The van der Waals surface area contributed by atoms with Gasteiger partial charge in [0.25, 0.3) is 0 Å². The maximum absolute atomic E-state index is 5.87. The van der Waals surface area contributed by atoms with Crippen molar-refractivity contribution in [3.63, 3.8) is 0 Å². The molecule has 0 saturated carbocycles. The van der Waals surface area contributed by atoms with Crippen LogP contribution in [0.3, 0.4) is 0 Å². The van der Waals surface area contributed by atoms with Crippen LogP contribution >= 0.6 is 0 Å². The van der Waals surface area contributed by atoms with E-state index < -0.39 is 0 Å². The summed E-state index contributed by atoms with van der Waals surface area (Å²) >= 11 is 0. The minimum atomic E-state index is 0.115. The molecule has 21 heavy (non-hydrogen) atoms. The summed E-state index contributed by atoms with van der Waals surface area (Å²) in [6, 6.07) is 2.64. The van der Waals surface area contributed by atoms with Gasteiger partial charge in [-0.1, -0.05) is 6.92 Å². The number of hydrogen-bond donors (Lipinski definition) is 1.